The fourth-order valence-corrected chi connectivity index (χ4v) is 9.80. The smallest absolute Gasteiger partial charge is 0.207 e. The van der Waals surface area contributed by atoms with Gasteiger partial charge in [-0.05, 0) is 36.8 Å². The molecule has 0 aliphatic heterocycles. The van der Waals surface area contributed by atoms with E-state index in [0.717, 1.165) is 0 Å². The second-order valence-corrected chi connectivity index (χ2v) is 19.6. The quantitative estimate of drug-likeness (QED) is 0.0127. The molecular weight excluding hydrogens is 1240 g/mol. The molecule has 0 nitrogen and oxygen atoms in total. The standard InChI is InChI=1S/C24BF20.2C18H30.H2I/c26-5-1(6(27)14(35)21(42)13(5)34)25(2-7(28)15(36)22(43)16(37)8(2)29,3-9(30)17(38)23(44)18(39)10(3)31)4-11(32)19(40)24(45)20(41)12(4)33;2*1-2-3-4-5-6-7-8-9-10-12-15-18-16-13-11-14-17-18;/h;2*11,13-14,16-17H,2-10,12,15H2,1H3;1H2/q-1;;;+1. The van der Waals surface area contributed by atoms with Crippen LogP contribution in [0.4, 0.5) is 87.8 Å². The van der Waals surface area contributed by atoms with Gasteiger partial charge in [0.25, 0.3) is 0 Å². The topological polar surface area (TPSA) is 0 Å². The van der Waals surface area contributed by atoms with E-state index in [1.165, 1.54) is 152 Å². The molecule has 6 aromatic carbocycles. The Balaban J connectivity index is 0.000000391. The minimum Gasteiger partial charge on any atom is -0.207 e. The zero-order valence-electron chi connectivity index (χ0n) is 44.9. The van der Waals surface area contributed by atoms with Gasteiger partial charge in [0, 0.05) is 0 Å². The second-order valence-electron chi connectivity index (χ2n) is 19.6. The van der Waals surface area contributed by atoms with Gasteiger partial charge in [-0.25, -0.2) is 87.8 Å². The van der Waals surface area contributed by atoms with E-state index in [-0.39, 0.29) is 24.0 Å². The molecule has 0 aliphatic carbocycles. The third-order valence-corrected chi connectivity index (χ3v) is 14.0. The van der Waals surface area contributed by atoms with Gasteiger partial charge in [0.15, 0.2) is 69.8 Å². The van der Waals surface area contributed by atoms with Crippen molar-refractivity contribution in [3.8, 4) is 0 Å². The van der Waals surface area contributed by atoms with Crippen LogP contribution < -0.4 is 45.8 Å². The highest BCUT2D eigenvalue weighted by molar-refractivity contribution is 7.20. The van der Waals surface area contributed by atoms with Gasteiger partial charge in [-0.2, -0.15) is 0 Å². The monoisotopic (exact) mass is 1300 g/mol. The van der Waals surface area contributed by atoms with Gasteiger partial charge in [-0.15, -0.1) is 21.9 Å². The summed E-state index contributed by atoms with van der Waals surface area (Å²) in [5, 5.41) is 0. The molecule has 0 unspecified atom stereocenters. The first-order chi connectivity index (χ1) is 38.6. The predicted octanol–water partition coefficient (Wildman–Crippen LogP) is 14.6. The van der Waals surface area contributed by atoms with Crippen LogP contribution in [0.5, 0.6) is 0 Å². The molecule has 6 aromatic rings. The Morgan fingerprint density at radius 3 is 0.561 bits per heavy atom. The summed E-state index contributed by atoms with van der Waals surface area (Å²) in [7, 11) is 0. The lowest BCUT2D eigenvalue weighted by atomic mass is 9.12. The van der Waals surface area contributed by atoms with Gasteiger partial charge < -0.3 is 0 Å². The van der Waals surface area contributed by atoms with E-state index in [1.807, 2.05) is 0 Å². The van der Waals surface area contributed by atoms with E-state index in [2.05, 4.69) is 74.5 Å². The maximum Gasteiger partial charge on any atom is 0.235 e. The molecule has 452 valence electrons. The van der Waals surface area contributed by atoms with Crippen molar-refractivity contribution in [2.75, 3.05) is 0 Å². The largest absolute Gasteiger partial charge is 0.235 e. The SMILES string of the molecule is CCCCCCCCCCCCc1ccccc1.CCCCCCCCCCCCc1ccccc1.Fc1c(F)c(F)c([B-](c2c(F)c(F)c(F)c(F)c2F)(c2c(F)c(F)c(F)c(F)c2F)c2c(F)c(F)c(F)c(F)c2F)c(F)c1F.[IH2+]. The molecule has 0 aliphatic rings. The summed E-state index contributed by atoms with van der Waals surface area (Å²) in [5.41, 5.74) is -11.3. The maximum absolute atomic E-state index is 15.4. The molecule has 0 N–H and O–H groups in total. The minimum atomic E-state index is -7.22. The first kappa shape index (κ1) is 71.0. The van der Waals surface area contributed by atoms with E-state index < -0.39 is 144 Å². The van der Waals surface area contributed by atoms with Gasteiger partial charge in [-0.1, -0.05) is 190 Å². The molecule has 0 atom stereocenters. The third kappa shape index (κ3) is 17.0. The summed E-state index contributed by atoms with van der Waals surface area (Å²) >= 11 is 0. The Bertz CT molecular complexity index is 2540. The Kier molecular flexibility index (Phi) is 29.8. The molecule has 6 rings (SSSR count). The predicted molar refractivity (Wildman–Crippen MR) is 276 cm³/mol. The van der Waals surface area contributed by atoms with Crippen LogP contribution in [-0.4, -0.2) is 6.15 Å². The number of benzene rings is 6. The summed E-state index contributed by atoms with van der Waals surface area (Å²) in [6, 6.07) is 21.8. The Morgan fingerprint density at radius 2 is 0.378 bits per heavy atom. The van der Waals surface area contributed by atoms with E-state index in [1.54, 1.807) is 0 Å². The molecule has 0 saturated carbocycles. The van der Waals surface area contributed by atoms with Gasteiger partial charge in [-0.3, -0.25) is 0 Å². The molecule has 0 heterocycles. The zero-order chi connectivity index (χ0) is 60.1. The molecule has 22 heteroatoms. The number of halogens is 21. The zero-order valence-corrected chi connectivity index (χ0v) is 47.5. The number of aryl methyl sites for hydroxylation is 2. The highest BCUT2D eigenvalue weighted by atomic mass is 127. The molecule has 0 saturated heterocycles. The number of hydrogen-bond donors (Lipinski definition) is 0. The highest BCUT2D eigenvalue weighted by Gasteiger charge is 2.52. The molecular formula is C60H62BF20I. The van der Waals surface area contributed by atoms with E-state index >= 15 is 35.1 Å². The first-order valence-corrected chi connectivity index (χ1v) is 26.9. The minimum absolute atomic E-state index is 0. The van der Waals surface area contributed by atoms with Crippen molar-refractivity contribution < 1.29 is 112 Å². The van der Waals surface area contributed by atoms with Crippen LogP contribution in [0.3, 0.4) is 0 Å². The number of unbranched alkanes of at least 4 members (excludes halogenated alkanes) is 18. The van der Waals surface area contributed by atoms with Crippen LogP contribution >= 0.6 is 0 Å². The molecule has 0 amide bonds. The lowest BCUT2D eigenvalue weighted by Crippen LogP contribution is -3.00. The summed E-state index contributed by atoms with van der Waals surface area (Å²) in [4.78, 5) is 0. The van der Waals surface area contributed by atoms with Crippen molar-refractivity contribution in [3.05, 3.63) is 188 Å². The van der Waals surface area contributed by atoms with E-state index in [9.17, 15) is 52.7 Å². The summed E-state index contributed by atoms with van der Waals surface area (Å²) in [5.74, 6) is -71.4. The van der Waals surface area contributed by atoms with Crippen LogP contribution in [0.2, 0.25) is 0 Å². The first-order valence-electron chi connectivity index (χ1n) is 26.9. The van der Waals surface area contributed by atoms with Crippen LogP contribution in [0.1, 0.15) is 153 Å². The van der Waals surface area contributed by atoms with Gasteiger partial charge in [0.1, 0.15) is 52.7 Å². The highest BCUT2D eigenvalue weighted by Crippen LogP contribution is 2.31. The van der Waals surface area contributed by atoms with Gasteiger partial charge >= 0.3 is 0 Å². The van der Waals surface area contributed by atoms with E-state index in [0.29, 0.717) is 0 Å². The summed E-state index contributed by atoms with van der Waals surface area (Å²) in [6.07, 6.45) is 23.8. The number of hydrogen-bond acceptors (Lipinski definition) is 0. The summed E-state index contributed by atoms with van der Waals surface area (Å²) < 4.78 is 294. The average molecular weight is 1300 g/mol. The van der Waals surface area contributed by atoms with Crippen molar-refractivity contribution >= 4 is 28.0 Å². The maximum atomic E-state index is 15.4. The molecule has 0 aromatic heterocycles. The van der Waals surface area contributed by atoms with Crippen molar-refractivity contribution in [3.63, 3.8) is 0 Å². The Hall–Kier alpha value is -5.29. The van der Waals surface area contributed by atoms with Crippen LogP contribution in [0.15, 0.2) is 60.7 Å². The molecule has 0 fully saturated rings. The normalized spacial score (nSPS) is 11.3. The Morgan fingerprint density at radius 1 is 0.220 bits per heavy atom. The van der Waals surface area contributed by atoms with Crippen molar-refractivity contribution in [2.45, 2.75) is 155 Å². The van der Waals surface area contributed by atoms with Gasteiger partial charge in [0.2, 0.25) is 24.0 Å². The fourth-order valence-electron chi connectivity index (χ4n) is 9.80. The molecule has 0 spiro atoms. The lowest BCUT2D eigenvalue weighted by Gasteiger charge is -2.44. The van der Waals surface area contributed by atoms with Crippen molar-refractivity contribution in [1.29, 1.82) is 0 Å². The lowest BCUT2D eigenvalue weighted by molar-refractivity contribution is -0.0000263. The fraction of sp³-hybridized carbons (Fsp3) is 0.400. The van der Waals surface area contributed by atoms with Crippen LogP contribution in [0.25, 0.3) is 0 Å². The second kappa shape index (κ2) is 34.5. The van der Waals surface area contributed by atoms with Crippen LogP contribution in [0, 0.1) is 116 Å². The van der Waals surface area contributed by atoms with Crippen molar-refractivity contribution in [2.24, 2.45) is 0 Å². The van der Waals surface area contributed by atoms with Gasteiger partial charge in [0.05, 0.1) is 0 Å². The molecule has 82 heavy (non-hydrogen) atoms. The average Bonchev–Trinajstić information content (AvgIpc) is 3.24. The third-order valence-electron chi connectivity index (χ3n) is 14.0. The van der Waals surface area contributed by atoms with Crippen molar-refractivity contribution in [1.82, 2.24) is 0 Å². The van der Waals surface area contributed by atoms with Crippen LogP contribution in [-0.2, 0) is 12.8 Å². The number of rotatable bonds is 26. The molecule has 0 radical (unpaired) electrons. The molecule has 0 bridgehead atoms. The Labute approximate surface area is 481 Å². The summed E-state index contributed by atoms with van der Waals surface area (Å²) in [6.45, 7) is 4.57. The van der Waals surface area contributed by atoms with E-state index in [4.69, 9.17) is 0 Å².